The van der Waals surface area contributed by atoms with E-state index in [1.165, 1.54) is 28.7 Å². The second-order valence-electron chi connectivity index (χ2n) is 13.1. The number of ketones is 2. The molecule has 7 atom stereocenters. The summed E-state index contributed by atoms with van der Waals surface area (Å²) in [5.74, 6) is -0.142. The Hall–Kier alpha value is -2.95. The quantitative estimate of drug-likeness (QED) is 0.268. The Kier molecular flexibility index (Phi) is 7.10. The second kappa shape index (κ2) is 10.6. The maximum Gasteiger partial charge on any atom is 0.339 e. The summed E-state index contributed by atoms with van der Waals surface area (Å²) in [7, 11) is 0. The Bertz CT molecular complexity index is 1610. The molecule has 0 radical (unpaired) electrons. The molecule has 3 fully saturated rings. The van der Waals surface area contributed by atoms with Gasteiger partial charge in [-0.3, -0.25) is 14.6 Å². The lowest BCUT2D eigenvalue weighted by Crippen LogP contribution is -2.63. The number of fused-ring (bicyclic) bond motifs is 6. The SMILES string of the molecule is CC12CCC(=O)C=C1CCC1C2C(O)CC2(C)C1CC[C@]2(OC(=O)c1ccncc1)C(=O)CSc1nc2cccnc2s1. The second-order valence-corrected chi connectivity index (χ2v) is 15.3. The van der Waals surface area contributed by atoms with Crippen molar-refractivity contribution in [3.05, 3.63) is 60.1 Å². The van der Waals surface area contributed by atoms with Gasteiger partial charge in [0.2, 0.25) is 0 Å². The number of carbonyl (C=O) groups is 3. The Morgan fingerprint density at radius 1 is 1.12 bits per heavy atom. The number of carbonyl (C=O) groups excluding carboxylic acids is 3. The van der Waals surface area contributed by atoms with Crippen LogP contribution in [0.1, 0.15) is 69.2 Å². The number of rotatable bonds is 6. The predicted molar refractivity (Wildman–Crippen MR) is 164 cm³/mol. The molecule has 0 aromatic carbocycles. The smallest absolute Gasteiger partial charge is 0.339 e. The van der Waals surface area contributed by atoms with E-state index in [4.69, 9.17) is 4.74 Å². The summed E-state index contributed by atoms with van der Waals surface area (Å²) in [6, 6.07) is 6.94. The summed E-state index contributed by atoms with van der Waals surface area (Å²) in [5, 5.41) is 11.9. The zero-order valence-corrected chi connectivity index (χ0v) is 26.0. The van der Waals surface area contributed by atoms with E-state index in [0.29, 0.717) is 24.8 Å². The van der Waals surface area contributed by atoms with E-state index in [2.05, 4.69) is 28.8 Å². The number of thiazole rings is 1. The van der Waals surface area contributed by atoms with Crippen molar-refractivity contribution in [1.29, 1.82) is 0 Å². The molecule has 224 valence electrons. The third-order valence-corrected chi connectivity index (χ3v) is 13.2. The highest BCUT2D eigenvalue weighted by Gasteiger charge is 2.70. The largest absolute Gasteiger partial charge is 0.447 e. The molecule has 3 aromatic rings. The third kappa shape index (κ3) is 4.51. The van der Waals surface area contributed by atoms with Crippen molar-refractivity contribution in [1.82, 2.24) is 15.0 Å². The molecule has 43 heavy (non-hydrogen) atoms. The van der Waals surface area contributed by atoms with Crippen molar-refractivity contribution in [2.24, 2.45) is 28.6 Å². The van der Waals surface area contributed by atoms with Crippen LogP contribution in [-0.4, -0.2) is 55.1 Å². The molecule has 1 N–H and O–H groups in total. The van der Waals surface area contributed by atoms with Crippen LogP contribution in [0.25, 0.3) is 10.3 Å². The van der Waals surface area contributed by atoms with Gasteiger partial charge in [0.15, 0.2) is 21.5 Å². The van der Waals surface area contributed by atoms with Crippen LogP contribution in [-0.2, 0) is 14.3 Å². The standard InChI is InChI=1S/C33H35N3O5S2/c1-31-11-7-21(37)16-20(31)5-6-22-23-8-12-33(32(23,2)17-25(38)27(22)31,41-29(40)19-9-14-34-15-10-19)26(39)18-42-30-36-24-4-3-13-35-28(24)43-30/h3-4,9-10,13-16,22-23,25,27,38H,5-8,11-12,17-18H2,1-2H3/t22?,23?,25?,27?,31?,32?,33-/m0/s1. The lowest BCUT2D eigenvalue weighted by Gasteiger charge is -2.60. The van der Waals surface area contributed by atoms with Crippen LogP contribution >= 0.6 is 23.1 Å². The van der Waals surface area contributed by atoms with Crippen molar-refractivity contribution in [3.8, 4) is 0 Å². The minimum Gasteiger partial charge on any atom is -0.447 e. The molecule has 0 spiro atoms. The molecule has 0 saturated heterocycles. The zero-order chi connectivity index (χ0) is 30.0. The number of aliphatic hydroxyl groups excluding tert-OH is 1. The highest BCUT2D eigenvalue weighted by atomic mass is 32.2. The van der Waals surface area contributed by atoms with Crippen LogP contribution in [0.2, 0.25) is 0 Å². The summed E-state index contributed by atoms with van der Waals surface area (Å²) in [5.41, 5.74) is -0.0633. The minimum absolute atomic E-state index is 0.00472. The molecule has 3 aromatic heterocycles. The molecule has 6 unspecified atom stereocenters. The Morgan fingerprint density at radius 3 is 2.72 bits per heavy atom. The molecule has 3 heterocycles. The highest BCUT2D eigenvalue weighted by molar-refractivity contribution is 8.01. The van der Waals surface area contributed by atoms with Crippen molar-refractivity contribution in [2.75, 3.05) is 5.75 Å². The number of pyridine rings is 2. The topological polar surface area (TPSA) is 119 Å². The molecular weight excluding hydrogens is 583 g/mol. The number of ether oxygens (including phenoxy) is 1. The van der Waals surface area contributed by atoms with Crippen molar-refractivity contribution >= 4 is 51.0 Å². The van der Waals surface area contributed by atoms with Crippen molar-refractivity contribution < 1.29 is 24.2 Å². The Labute approximate surface area is 258 Å². The Morgan fingerprint density at radius 2 is 1.93 bits per heavy atom. The normalized spacial score (nSPS) is 35.0. The molecule has 3 saturated carbocycles. The molecule has 4 aliphatic rings. The van der Waals surface area contributed by atoms with E-state index in [1.54, 1.807) is 30.7 Å². The minimum atomic E-state index is -1.38. The fourth-order valence-electron chi connectivity index (χ4n) is 9.12. The maximum atomic E-state index is 14.5. The first-order chi connectivity index (χ1) is 20.6. The monoisotopic (exact) mass is 617 g/mol. The molecule has 7 rings (SSSR count). The molecule has 0 bridgehead atoms. The van der Waals surface area contributed by atoms with Crippen LogP contribution < -0.4 is 0 Å². The van der Waals surface area contributed by atoms with Gasteiger partial charge in [0, 0.05) is 30.4 Å². The average Bonchev–Trinajstić information content (AvgIpc) is 3.55. The lowest BCUT2D eigenvalue weighted by molar-refractivity contribution is -0.180. The van der Waals surface area contributed by atoms with E-state index in [9.17, 15) is 19.5 Å². The molecule has 10 heteroatoms. The number of esters is 1. The zero-order valence-electron chi connectivity index (χ0n) is 24.3. The van der Waals surface area contributed by atoms with Gasteiger partial charge in [-0.2, -0.15) is 0 Å². The van der Waals surface area contributed by atoms with Gasteiger partial charge in [-0.05, 0) is 92.0 Å². The molecular formula is C33H35N3O5S2. The number of hydrogen-bond acceptors (Lipinski definition) is 10. The van der Waals surface area contributed by atoms with Gasteiger partial charge in [0.1, 0.15) is 10.3 Å². The number of thioether (sulfide) groups is 1. The first kappa shape index (κ1) is 28.8. The summed E-state index contributed by atoms with van der Waals surface area (Å²) in [4.78, 5) is 54.3. The van der Waals surface area contributed by atoms with Gasteiger partial charge in [-0.15, -0.1) is 0 Å². The van der Waals surface area contributed by atoms with Gasteiger partial charge >= 0.3 is 5.97 Å². The summed E-state index contributed by atoms with van der Waals surface area (Å²) >= 11 is 2.80. The van der Waals surface area contributed by atoms with Gasteiger partial charge in [0.25, 0.3) is 0 Å². The summed E-state index contributed by atoms with van der Waals surface area (Å²) in [6.45, 7) is 4.28. The molecule has 8 nitrogen and oxygen atoms in total. The van der Waals surface area contributed by atoms with Crippen LogP contribution in [0.15, 0.2) is 58.8 Å². The van der Waals surface area contributed by atoms with Crippen molar-refractivity contribution in [3.63, 3.8) is 0 Å². The average molecular weight is 618 g/mol. The van der Waals surface area contributed by atoms with E-state index in [-0.39, 0.29) is 40.5 Å². The first-order valence-corrected chi connectivity index (χ1v) is 16.9. The summed E-state index contributed by atoms with van der Waals surface area (Å²) < 4.78 is 7.16. The number of Topliss-reactive ketones (excluding diaryl/α,β-unsaturated/α-hetero) is 1. The van der Waals surface area contributed by atoms with E-state index < -0.39 is 23.1 Å². The first-order valence-electron chi connectivity index (χ1n) is 15.1. The molecule has 4 aliphatic carbocycles. The lowest BCUT2D eigenvalue weighted by atomic mass is 9.45. The number of hydrogen-bond donors (Lipinski definition) is 1. The predicted octanol–water partition coefficient (Wildman–Crippen LogP) is 5.85. The van der Waals surface area contributed by atoms with Crippen LogP contribution in [0.3, 0.4) is 0 Å². The number of nitrogens with zero attached hydrogens (tertiary/aromatic N) is 3. The van der Waals surface area contributed by atoms with E-state index >= 15 is 0 Å². The van der Waals surface area contributed by atoms with Gasteiger partial charge < -0.3 is 9.84 Å². The maximum absolute atomic E-state index is 14.5. The Balaban J connectivity index is 1.23. The van der Waals surface area contributed by atoms with E-state index in [1.807, 2.05) is 18.2 Å². The fraction of sp³-hybridized carbons (Fsp3) is 0.515. The van der Waals surface area contributed by atoms with E-state index in [0.717, 1.165) is 40.4 Å². The van der Waals surface area contributed by atoms with Crippen molar-refractivity contribution in [2.45, 2.75) is 74.8 Å². The van der Waals surface area contributed by atoms with Crippen LogP contribution in [0.5, 0.6) is 0 Å². The number of allylic oxidation sites excluding steroid dienone is 1. The van der Waals surface area contributed by atoms with Gasteiger partial charge in [-0.25, -0.2) is 14.8 Å². The number of aliphatic hydroxyl groups is 1. The fourth-order valence-corrected chi connectivity index (χ4v) is 11.1. The van der Waals surface area contributed by atoms with Gasteiger partial charge in [-0.1, -0.05) is 42.5 Å². The van der Waals surface area contributed by atoms with Crippen LogP contribution in [0.4, 0.5) is 0 Å². The van der Waals surface area contributed by atoms with Crippen LogP contribution in [0, 0.1) is 28.6 Å². The van der Waals surface area contributed by atoms with Gasteiger partial charge in [0.05, 0.1) is 17.4 Å². The molecule has 0 aliphatic heterocycles. The third-order valence-electron chi connectivity index (χ3n) is 11.1. The number of aromatic nitrogens is 3. The summed E-state index contributed by atoms with van der Waals surface area (Å²) in [6.07, 6.45) is 10.4. The molecule has 0 amide bonds. The highest BCUT2D eigenvalue weighted by Crippen LogP contribution is 2.68.